The van der Waals surface area contributed by atoms with Crippen molar-refractivity contribution in [2.75, 3.05) is 28.7 Å². The molecule has 0 radical (unpaired) electrons. The molecule has 5 nitrogen and oxygen atoms in total. The van der Waals surface area contributed by atoms with Crippen LogP contribution in [0, 0.1) is 0 Å². The quantitative estimate of drug-likeness (QED) is 0.394. The van der Waals surface area contributed by atoms with Gasteiger partial charge in [0.25, 0.3) is 0 Å². The molecule has 0 atom stereocenters. The number of rotatable bonds is 1. The Bertz CT molecular complexity index is 316. The minimum absolute atomic E-state index is 0.271. The molecule has 0 amide bonds. The molecule has 0 heterocycles. The van der Waals surface area contributed by atoms with Gasteiger partial charge in [0.1, 0.15) is 0 Å². The Balaban J connectivity index is 3.56. The van der Waals surface area contributed by atoms with E-state index in [2.05, 4.69) is 0 Å². The minimum atomic E-state index is 0.271. The van der Waals surface area contributed by atoms with Gasteiger partial charge in [0.05, 0.1) is 28.4 Å². The standard InChI is InChI=1S/C8H15N5/c1-2-3-4(9)6(11)8(13)7(12)5(3)10/h2,9-13H2,1H3. The van der Waals surface area contributed by atoms with Crippen LogP contribution in [0.5, 0.6) is 0 Å². The van der Waals surface area contributed by atoms with Crippen LogP contribution < -0.4 is 28.7 Å². The molecule has 1 aromatic carbocycles. The lowest BCUT2D eigenvalue weighted by Gasteiger charge is -2.15. The number of hydrogen-bond acceptors (Lipinski definition) is 5. The first-order chi connectivity index (χ1) is 6.00. The maximum atomic E-state index is 5.72. The summed E-state index contributed by atoms with van der Waals surface area (Å²) in [7, 11) is 0. The molecule has 1 rings (SSSR count). The molecule has 0 unspecified atom stereocenters. The van der Waals surface area contributed by atoms with Crippen molar-refractivity contribution in [1.82, 2.24) is 0 Å². The van der Waals surface area contributed by atoms with Crippen LogP contribution in [0.2, 0.25) is 0 Å². The molecule has 72 valence electrons. The van der Waals surface area contributed by atoms with Crippen molar-refractivity contribution in [3.8, 4) is 0 Å². The number of hydrogen-bond donors (Lipinski definition) is 5. The predicted octanol–water partition coefficient (Wildman–Crippen LogP) is 0.160. The molecule has 0 aliphatic heterocycles. The molecule has 1 aromatic rings. The molecular formula is C8H15N5. The van der Waals surface area contributed by atoms with E-state index in [0.29, 0.717) is 29.2 Å². The topological polar surface area (TPSA) is 130 Å². The van der Waals surface area contributed by atoms with E-state index in [1.165, 1.54) is 0 Å². The number of nitrogens with two attached hydrogens (primary N) is 5. The van der Waals surface area contributed by atoms with Gasteiger partial charge in [0.2, 0.25) is 0 Å². The van der Waals surface area contributed by atoms with Gasteiger partial charge >= 0.3 is 0 Å². The second-order valence-electron chi connectivity index (χ2n) is 2.90. The van der Waals surface area contributed by atoms with E-state index >= 15 is 0 Å². The zero-order valence-corrected chi connectivity index (χ0v) is 7.59. The number of nitrogen functional groups attached to an aromatic ring is 5. The summed E-state index contributed by atoms with van der Waals surface area (Å²) in [6.07, 6.45) is 0.687. The van der Waals surface area contributed by atoms with Crippen molar-refractivity contribution in [2.24, 2.45) is 0 Å². The van der Waals surface area contributed by atoms with Gasteiger partial charge in [-0.3, -0.25) is 0 Å². The average Bonchev–Trinajstić information content (AvgIpc) is 2.13. The molecule has 0 fully saturated rings. The van der Waals surface area contributed by atoms with Crippen molar-refractivity contribution in [1.29, 1.82) is 0 Å². The minimum Gasteiger partial charge on any atom is -0.397 e. The largest absolute Gasteiger partial charge is 0.397 e. The van der Waals surface area contributed by atoms with E-state index in [1.807, 2.05) is 6.92 Å². The summed E-state index contributed by atoms with van der Waals surface area (Å²) in [6, 6.07) is 0. The van der Waals surface area contributed by atoms with Crippen LogP contribution in [0.4, 0.5) is 28.4 Å². The number of anilines is 5. The van der Waals surface area contributed by atoms with Crippen LogP contribution in [0.1, 0.15) is 12.5 Å². The molecule has 0 spiro atoms. The third-order valence-corrected chi connectivity index (χ3v) is 2.16. The van der Waals surface area contributed by atoms with Gasteiger partial charge < -0.3 is 28.7 Å². The monoisotopic (exact) mass is 181 g/mol. The summed E-state index contributed by atoms with van der Waals surface area (Å²) in [5, 5.41) is 0. The Kier molecular flexibility index (Phi) is 2.10. The molecular weight excluding hydrogens is 166 g/mol. The van der Waals surface area contributed by atoms with Gasteiger partial charge in [-0.25, -0.2) is 0 Å². The summed E-state index contributed by atoms with van der Waals surface area (Å²) >= 11 is 0. The highest BCUT2D eigenvalue weighted by molar-refractivity contribution is 5.96. The van der Waals surface area contributed by atoms with Crippen molar-refractivity contribution in [3.05, 3.63) is 5.56 Å². The fourth-order valence-electron chi connectivity index (χ4n) is 1.29. The highest BCUT2D eigenvalue weighted by atomic mass is 14.8. The average molecular weight is 181 g/mol. The van der Waals surface area contributed by atoms with E-state index in [9.17, 15) is 0 Å². The van der Waals surface area contributed by atoms with Crippen LogP contribution in [0.3, 0.4) is 0 Å². The molecule has 0 aliphatic rings. The molecule has 13 heavy (non-hydrogen) atoms. The zero-order chi connectivity index (χ0) is 10.2. The van der Waals surface area contributed by atoms with Gasteiger partial charge in [-0.15, -0.1) is 0 Å². The fraction of sp³-hybridized carbons (Fsp3) is 0.250. The van der Waals surface area contributed by atoms with Gasteiger partial charge in [0.15, 0.2) is 0 Å². The lowest BCUT2D eigenvalue weighted by atomic mass is 10.0. The molecule has 0 aliphatic carbocycles. The van der Waals surface area contributed by atoms with Gasteiger partial charge in [-0.2, -0.15) is 0 Å². The van der Waals surface area contributed by atoms with E-state index in [-0.39, 0.29) is 5.69 Å². The van der Waals surface area contributed by atoms with E-state index in [1.54, 1.807) is 0 Å². The maximum absolute atomic E-state index is 5.72. The van der Waals surface area contributed by atoms with Crippen molar-refractivity contribution >= 4 is 28.4 Å². The SMILES string of the molecule is CCc1c(N)c(N)c(N)c(N)c1N. The van der Waals surface area contributed by atoms with E-state index in [0.717, 1.165) is 5.56 Å². The summed E-state index contributed by atoms with van der Waals surface area (Å²) < 4.78 is 0. The summed E-state index contributed by atoms with van der Waals surface area (Å²) in [4.78, 5) is 0. The third-order valence-electron chi connectivity index (χ3n) is 2.16. The lowest BCUT2D eigenvalue weighted by Crippen LogP contribution is -2.10. The third kappa shape index (κ3) is 1.18. The number of benzene rings is 1. The molecule has 0 saturated heterocycles. The predicted molar refractivity (Wildman–Crippen MR) is 57.9 cm³/mol. The first-order valence-electron chi connectivity index (χ1n) is 4.00. The van der Waals surface area contributed by atoms with Crippen LogP contribution >= 0.6 is 0 Å². The zero-order valence-electron chi connectivity index (χ0n) is 7.59. The maximum Gasteiger partial charge on any atom is 0.0824 e. The Labute approximate surface area is 76.9 Å². The van der Waals surface area contributed by atoms with Crippen LogP contribution in [-0.2, 0) is 6.42 Å². The molecule has 10 N–H and O–H groups in total. The van der Waals surface area contributed by atoms with Gasteiger partial charge in [0, 0.05) is 5.56 Å². The fourth-order valence-corrected chi connectivity index (χ4v) is 1.29. The van der Waals surface area contributed by atoms with Gasteiger partial charge in [-0.05, 0) is 6.42 Å². The van der Waals surface area contributed by atoms with Crippen molar-refractivity contribution < 1.29 is 0 Å². The lowest BCUT2D eigenvalue weighted by molar-refractivity contribution is 1.15. The molecule has 0 saturated carbocycles. The second kappa shape index (κ2) is 2.93. The highest BCUT2D eigenvalue weighted by Crippen LogP contribution is 2.38. The Morgan fingerprint density at radius 2 is 1.00 bits per heavy atom. The smallest absolute Gasteiger partial charge is 0.0824 e. The van der Waals surface area contributed by atoms with Crippen molar-refractivity contribution in [3.63, 3.8) is 0 Å². The second-order valence-corrected chi connectivity index (χ2v) is 2.90. The van der Waals surface area contributed by atoms with Crippen LogP contribution in [0.15, 0.2) is 0 Å². The van der Waals surface area contributed by atoms with E-state index in [4.69, 9.17) is 28.7 Å². The van der Waals surface area contributed by atoms with Gasteiger partial charge in [-0.1, -0.05) is 6.92 Å². The summed E-state index contributed by atoms with van der Waals surface area (Å²) in [5.74, 6) is 0. The summed E-state index contributed by atoms with van der Waals surface area (Å²) in [5.41, 5.74) is 30.9. The highest BCUT2D eigenvalue weighted by Gasteiger charge is 2.13. The van der Waals surface area contributed by atoms with Crippen LogP contribution in [0.25, 0.3) is 0 Å². The first kappa shape index (κ1) is 9.31. The Hall–Kier alpha value is -1.78. The van der Waals surface area contributed by atoms with Crippen LogP contribution in [-0.4, -0.2) is 0 Å². The van der Waals surface area contributed by atoms with E-state index < -0.39 is 0 Å². The molecule has 0 bridgehead atoms. The summed E-state index contributed by atoms with van der Waals surface area (Å²) in [6.45, 7) is 1.93. The first-order valence-corrected chi connectivity index (χ1v) is 4.00. The van der Waals surface area contributed by atoms with Crippen molar-refractivity contribution in [2.45, 2.75) is 13.3 Å². The normalized spacial score (nSPS) is 10.2. The molecule has 0 aromatic heterocycles. The Morgan fingerprint density at radius 3 is 1.31 bits per heavy atom. The Morgan fingerprint density at radius 1 is 0.692 bits per heavy atom. The molecule has 5 heteroatoms.